The number of rotatable bonds is 8. The van der Waals surface area contributed by atoms with Gasteiger partial charge in [-0.2, -0.15) is 4.98 Å². The van der Waals surface area contributed by atoms with Crippen molar-refractivity contribution in [1.29, 1.82) is 0 Å². The van der Waals surface area contributed by atoms with E-state index in [0.717, 1.165) is 6.42 Å². The monoisotopic (exact) mass is 274 g/mol. The number of sulfonamides is 1. The summed E-state index contributed by atoms with van der Waals surface area (Å²) in [6.45, 7) is 3.04. The van der Waals surface area contributed by atoms with Crippen molar-refractivity contribution in [3.8, 4) is 5.88 Å². The van der Waals surface area contributed by atoms with Crippen LogP contribution < -0.4 is 15.2 Å². The van der Waals surface area contributed by atoms with Gasteiger partial charge in [0.2, 0.25) is 21.9 Å². The van der Waals surface area contributed by atoms with E-state index in [1.807, 2.05) is 6.92 Å². The molecule has 0 saturated carbocycles. The van der Waals surface area contributed by atoms with E-state index in [1.54, 1.807) is 12.3 Å². The van der Waals surface area contributed by atoms with Crippen molar-refractivity contribution in [2.45, 2.75) is 19.8 Å². The first kappa shape index (κ1) is 14.7. The van der Waals surface area contributed by atoms with E-state index in [1.165, 1.54) is 0 Å². The summed E-state index contributed by atoms with van der Waals surface area (Å²) in [5.41, 5.74) is 0. The fourth-order valence-corrected chi connectivity index (χ4v) is 1.73. The van der Waals surface area contributed by atoms with Crippen LogP contribution in [0.3, 0.4) is 0 Å². The van der Waals surface area contributed by atoms with E-state index in [4.69, 9.17) is 9.88 Å². The zero-order chi connectivity index (χ0) is 13.4. The van der Waals surface area contributed by atoms with Gasteiger partial charge in [0.15, 0.2) is 0 Å². The largest absolute Gasteiger partial charge is 0.478 e. The van der Waals surface area contributed by atoms with Crippen LogP contribution in [-0.4, -0.2) is 37.3 Å². The molecule has 1 heterocycles. The highest BCUT2D eigenvalue weighted by atomic mass is 32.2. The molecule has 0 unspecified atom stereocenters. The summed E-state index contributed by atoms with van der Waals surface area (Å²) in [7, 11) is -3.40. The molecule has 0 fully saturated rings. The molecule has 0 saturated heterocycles. The molecule has 1 aromatic rings. The minimum absolute atomic E-state index is 0.0635. The molecule has 0 aromatic carbocycles. The van der Waals surface area contributed by atoms with Crippen LogP contribution in [0.4, 0.5) is 5.95 Å². The van der Waals surface area contributed by atoms with E-state index in [0.29, 0.717) is 31.4 Å². The second-order valence-electron chi connectivity index (χ2n) is 3.71. The summed E-state index contributed by atoms with van der Waals surface area (Å²) in [6, 6.07) is 1.67. The molecule has 8 heteroatoms. The third-order valence-electron chi connectivity index (χ3n) is 1.97. The number of nitrogens with two attached hydrogens (primary N) is 1. The highest BCUT2D eigenvalue weighted by Crippen LogP contribution is 2.08. The number of aromatic nitrogens is 2. The van der Waals surface area contributed by atoms with Crippen LogP contribution in [-0.2, 0) is 10.0 Å². The van der Waals surface area contributed by atoms with Crippen LogP contribution in [0.2, 0.25) is 0 Å². The normalized spacial score (nSPS) is 11.2. The van der Waals surface area contributed by atoms with Crippen molar-refractivity contribution < 1.29 is 13.2 Å². The summed E-state index contributed by atoms with van der Waals surface area (Å²) >= 11 is 0. The van der Waals surface area contributed by atoms with Gasteiger partial charge in [-0.05, 0) is 12.8 Å². The Morgan fingerprint density at radius 1 is 1.50 bits per heavy atom. The van der Waals surface area contributed by atoms with Gasteiger partial charge in [-0.3, -0.25) is 0 Å². The first-order valence-electron chi connectivity index (χ1n) is 5.71. The zero-order valence-electron chi connectivity index (χ0n) is 10.3. The van der Waals surface area contributed by atoms with Crippen LogP contribution >= 0.6 is 0 Å². The first-order valence-corrected chi connectivity index (χ1v) is 7.43. The lowest BCUT2D eigenvalue weighted by atomic mass is 10.5. The number of ether oxygens (including phenoxy) is 1. The van der Waals surface area contributed by atoms with Gasteiger partial charge in [0.1, 0.15) is 0 Å². The topological polar surface area (TPSA) is 107 Å². The van der Waals surface area contributed by atoms with Crippen molar-refractivity contribution in [3.63, 3.8) is 0 Å². The number of primary sulfonamides is 1. The van der Waals surface area contributed by atoms with Gasteiger partial charge in [0.25, 0.3) is 0 Å². The third-order valence-corrected chi connectivity index (χ3v) is 2.83. The molecule has 3 N–H and O–H groups in total. The van der Waals surface area contributed by atoms with Gasteiger partial charge >= 0.3 is 0 Å². The molecule has 0 radical (unpaired) electrons. The SMILES string of the molecule is CCCOc1ccnc(NCCCS(N)(=O)=O)n1. The number of anilines is 1. The molecule has 0 amide bonds. The average Bonchev–Trinajstić information content (AvgIpc) is 2.31. The summed E-state index contributed by atoms with van der Waals surface area (Å²) in [5, 5.41) is 7.80. The molecular weight excluding hydrogens is 256 g/mol. The Morgan fingerprint density at radius 3 is 2.94 bits per heavy atom. The number of hydrogen-bond donors (Lipinski definition) is 2. The second-order valence-corrected chi connectivity index (χ2v) is 5.45. The standard InChI is InChI=1S/C10H18N4O3S/c1-2-7-17-9-4-6-13-10(14-9)12-5-3-8-18(11,15)16/h4,6H,2-3,5,7-8H2,1H3,(H2,11,15,16)(H,12,13,14). The van der Waals surface area contributed by atoms with E-state index < -0.39 is 10.0 Å². The Labute approximate surface area is 107 Å². The van der Waals surface area contributed by atoms with Gasteiger partial charge < -0.3 is 10.1 Å². The van der Waals surface area contributed by atoms with Crippen molar-refractivity contribution in [2.75, 3.05) is 24.2 Å². The van der Waals surface area contributed by atoms with Crippen LogP contribution in [0.25, 0.3) is 0 Å². The molecule has 0 atom stereocenters. The molecule has 1 rings (SSSR count). The maximum Gasteiger partial charge on any atom is 0.225 e. The van der Waals surface area contributed by atoms with Gasteiger partial charge in [0, 0.05) is 18.8 Å². The average molecular weight is 274 g/mol. The summed E-state index contributed by atoms with van der Waals surface area (Å²) in [4.78, 5) is 8.12. The summed E-state index contributed by atoms with van der Waals surface area (Å²) < 4.78 is 26.8. The second kappa shape index (κ2) is 7.12. The predicted octanol–water partition coefficient (Wildman–Crippen LogP) is 0.356. The lowest BCUT2D eigenvalue weighted by molar-refractivity contribution is 0.305. The quantitative estimate of drug-likeness (QED) is 0.663. The summed E-state index contributed by atoms with van der Waals surface area (Å²) in [5.74, 6) is 0.852. The highest BCUT2D eigenvalue weighted by Gasteiger charge is 2.03. The van der Waals surface area contributed by atoms with Gasteiger partial charge in [-0.15, -0.1) is 0 Å². The minimum Gasteiger partial charge on any atom is -0.478 e. The molecular formula is C10H18N4O3S. The number of nitrogens with one attached hydrogen (secondary N) is 1. The lowest BCUT2D eigenvalue weighted by Crippen LogP contribution is -2.19. The maximum atomic E-state index is 10.7. The zero-order valence-corrected chi connectivity index (χ0v) is 11.1. The highest BCUT2D eigenvalue weighted by molar-refractivity contribution is 7.89. The Hall–Kier alpha value is -1.41. The third kappa shape index (κ3) is 6.36. The molecule has 0 aliphatic carbocycles. The number of nitrogens with zero attached hydrogens (tertiary/aromatic N) is 2. The molecule has 0 bridgehead atoms. The number of hydrogen-bond acceptors (Lipinski definition) is 6. The van der Waals surface area contributed by atoms with Crippen molar-refractivity contribution in [2.24, 2.45) is 5.14 Å². The van der Waals surface area contributed by atoms with Crippen molar-refractivity contribution in [1.82, 2.24) is 9.97 Å². The van der Waals surface area contributed by atoms with Crippen LogP contribution in [0, 0.1) is 0 Å². The summed E-state index contributed by atoms with van der Waals surface area (Å²) in [6.07, 6.45) is 2.89. The molecule has 0 spiro atoms. The van der Waals surface area contributed by atoms with E-state index in [9.17, 15) is 8.42 Å². The van der Waals surface area contributed by atoms with Crippen LogP contribution in [0.15, 0.2) is 12.3 Å². The van der Waals surface area contributed by atoms with Gasteiger partial charge in [0.05, 0.1) is 12.4 Å². The smallest absolute Gasteiger partial charge is 0.225 e. The first-order chi connectivity index (χ1) is 8.51. The van der Waals surface area contributed by atoms with E-state index in [2.05, 4.69) is 15.3 Å². The fraction of sp³-hybridized carbons (Fsp3) is 0.600. The molecule has 7 nitrogen and oxygen atoms in total. The van der Waals surface area contributed by atoms with Gasteiger partial charge in [-0.1, -0.05) is 6.92 Å². The molecule has 102 valence electrons. The Kier molecular flexibility index (Phi) is 5.79. The Morgan fingerprint density at radius 2 is 2.28 bits per heavy atom. The van der Waals surface area contributed by atoms with Crippen LogP contribution in [0.1, 0.15) is 19.8 Å². The molecule has 0 aliphatic heterocycles. The van der Waals surface area contributed by atoms with Crippen molar-refractivity contribution in [3.05, 3.63) is 12.3 Å². The van der Waals surface area contributed by atoms with E-state index >= 15 is 0 Å². The maximum absolute atomic E-state index is 10.7. The fourth-order valence-electron chi connectivity index (χ4n) is 1.19. The molecule has 18 heavy (non-hydrogen) atoms. The lowest BCUT2D eigenvalue weighted by Gasteiger charge is -2.06. The predicted molar refractivity (Wildman–Crippen MR) is 68.9 cm³/mol. The molecule has 1 aromatic heterocycles. The van der Waals surface area contributed by atoms with Gasteiger partial charge in [-0.25, -0.2) is 18.5 Å². The minimum atomic E-state index is -3.40. The Bertz CT molecular complexity index is 464. The van der Waals surface area contributed by atoms with Crippen molar-refractivity contribution >= 4 is 16.0 Å². The molecule has 0 aliphatic rings. The van der Waals surface area contributed by atoms with E-state index in [-0.39, 0.29) is 5.75 Å². The Balaban J connectivity index is 2.38. The van der Waals surface area contributed by atoms with Crippen LogP contribution in [0.5, 0.6) is 5.88 Å².